The van der Waals surface area contributed by atoms with Crippen molar-refractivity contribution in [3.63, 3.8) is 0 Å². The van der Waals surface area contributed by atoms with E-state index in [1.54, 1.807) is 72.8 Å². The number of rotatable bonds is 8. The van der Waals surface area contributed by atoms with Crippen LogP contribution in [0.3, 0.4) is 0 Å². The molecule has 0 aliphatic carbocycles. The summed E-state index contributed by atoms with van der Waals surface area (Å²) >= 11 is 3.38. The van der Waals surface area contributed by atoms with Gasteiger partial charge in [0.2, 0.25) is 0 Å². The van der Waals surface area contributed by atoms with Crippen molar-refractivity contribution in [1.82, 2.24) is 0 Å². The normalized spacial score (nSPS) is 10.9. The first-order valence-corrected chi connectivity index (χ1v) is 13.0. The van der Waals surface area contributed by atoms with Crippen LogP contribution in [0.1, 0.15) is 26.3 Å². The number of methoxy groups -OCH3 is 1. The van der Waals surface area contributed by atoms with Crippen molar-refractivity contribution in [2.45, 2.75) is 4.90 Å². The third-order valence-corrected chi connectivity index (χ3v) is 7.15. The summed E-state index contributed by atoms with van der Waals surface area (Å²) in [6.07, 6.45) is 0. The third kappa shape index (κ3) is 5.81. The lowest BCUT2D eigenvalue weighted by atomic mass is 10.0. The maximum Gasteiger partial charge on any atom is 0.261 e. The molecule has 9 heteroatoms. The second kappa shape index (κ2) is 10.8. The predicted molar refractivity (Wildman–Crippen MR) is 142 cm³/mol. The van der Waals surface area contributed by atoms with Crippen molar-refractivity contribution in [1.29, 1.82) is 0 Å². The van der Waals surface area contributed by atoms with E-state index in [0.717, 1.165) is 0 Å². The zero-order valence-electron chi connectivity index (χ0n) is 19.1. The number of hydrogen-bond acceptors (Lipinski definition) is 5. The molecular formula is C27H21BrN2O5S. The Labute approximate surface area is 217 Å². The molecule has 4 rings (SSSR count). The highest BCUT2D eigenvalue weighted by atomic mass is 79.9. The molecule has 36 heavy (non-hydrogen) atoms. The average molecular weight is 565 g/mol. The summed E-state index contributed by atoms with van der Waals surface area (Å²) in [5.41, 5.74) is 1.57. The number of halogens is 1. The lowest BCUT2D eigenvalue weighted by Gasteiger charge is -2.13. The number of nitrogens with one attached hydrogen (secondary N) is 2. The van der Waals surface area contributed by atoms with Gasteiger partial charge in [0.1, 0.15) is 5.75 Å². The van der Waals surface area contributed by atoms with E-state index in [9.17, 15) is 18.0 Å². The fourth-order valence-corrected chi connectivity index (χ4v) is 4.86. The van der Waals surface area contributed by atoms with Crippen LogP contribution in [0.2, 0.25) is 0 Å². The van der Waals surface area contributed by atoms with E-state index in [2.05, 4.69) is 26.0 Å². The van der Waals surface area contributed by atoms with Crippen LogP contribution in [0.4, 0.5) is 11.4 Å². The van der Waals surface area contributed by atoms with Crippen molar-refractivity contribution in [2.24, 2.45) is 0 Å². The van der Waals surface area contributed by atoms with Gasteiger partial charge in [-0.2, -0.15) is 0 Å². The number of carbonyl (C=O) groups is 2. The zero-order valence-corrected chi connectivity index (χ0v) is 21.5. The molecule has 4 aromatic carbocycles. The molecule has 0 saturated carbocycles. The summed E-state index contributed by atoms with van der Waals surface area (Å²) in [6, 6.07) is 25.8. The van der Waals surface area contributed by atoms with Gasteiger partial charge in [-0.1, -0.05) is 52.3 Å². The molecule has 2 N–H and O–H groups in total. The minimum atomic E-state index is -3.88. The molecule has 0 spiro atoms. The Bertz CT molecular complexity index is 1520. The smallest absolute Gasteiger partial charge is 0.261 e. The van der Waals surface area contributed by atoms with Crippen molar-refractivity contribution in [3.8, 4) is 5.75 Å². The topological polar surface area (TPSA) is 102 Å². The van der Waals surface area contributed by atoms with Gasteiger partial charge in [-0.15, -0.1) is 0 Å². The average Bonchev–Trinajstić information content (AvgIpc) is 2.89. The molecule has 0 unspecified atom stereocenters. The standard InChI is InChI=1S/C27H21BrN2O5S/c1-35-22-11-13-23(14-12-22)36(33,34)30-21-9-5-8-19(16-21)27(32)29-25-15-10-20(28)17-24(25)26(31)18-6-3-2-4-7-18/h2-17,30H,1H3,(H,29,32). The Morgan fingerprint density at radius 3 is 2.19 bits per heavy atom. The van der Waals surface area contributed by atoms with Crippen molar-refractivity contribution in [3.05, 3.63) is 118 Å². The lowest BCUT2D eigenvalue weighted by molar-refractivity contribution is 0.102. The highest BCUT2D eigenvalue weighted by Gasteiger charge is 2.18. The van der Waals surface area contributed by atoms with E-state index in [-0.39, 0.29) is 21.9 Å². The predicted octanol–water partition coefficient (Wildman–Crippen LogP) is 5.74. The molecule has 0 saturated heterocycles. The molecule has 0 aliphatic rings. The first kappa shape index (κ1) is 25.2. The Hall–Kier alpha value is -3.95. The highest BCUT2D eigenvalue weighted by molar-refractivity contribution is 9.10. The molecule has 0 radical (unpaired) electrons. The number of hydrogen-bond donors (Lipinski definition) is 2. The largest absolute Gasteiger partial charge is 0.497 e. The molecule has 0 aliphatic heterocycles. The molecule has 7 nitrogen and oxygen atoms in total. The first-order chi connectivity index (χ1) is 17.3. The maximum atomic E-state index is 13.1. The molecule has 0 fully saturated rings. The molecule has 0 bridgehead atoms. The van der Waals surface area contributed by atoms with Gasteiger partial charge in [0, 0.05) is 26.9 Å². The van der Waals surface area contributed by atoms with Gasteiger partial charge in [-0.25, -0.2) is 8.42 Å². The second-order valence-electron chi connectivity index (χ2n) is 7.70. The van der Waals surface area contributed by atoms with Crippen LogP contribution in [-0.2, 0) is 10.0 Å². The Balaban J connectivity index is 1.56. The number of amides is 1. The van der Waals surface area contributed by atoms with E-state index >= 15 is 0 Å². The fourth-order valence-electron chi connectivity index (χ4n) is 3.45. The lowest BCUT2D eigenvalue weighted by Crippen LogP contribution is -2.16. The molecular weight excluding hydrogens is 544 g/mol. The summed E-state index contributed by atoms with van der Waals surface area (Å²) in [4.78, 5) is 26.2. The van der Waals surface area contributed by atoms with Gasteiger partial charge in [-0.05, 0) is 60.7 Å². The van der Waals surface area contributed by atoms with Crippen LogP contribution in [0, 0.1) is 0 Å². The number of ketones is 1. The van der Waals surface area contributed by atoms with Crippen LogP contribution in [0.25, 0.3) is 0 Å². The van der Waals surface area contributed by atoms with Gasteiger partial charge in [0.25, 0.3) is 15.9 Å². The van der Waals surface area contributed by atoms with Crippen LogP contribution in [-0.4, -0.2) is 27.2 Å². The quantitative estimate of drug-likeness (QED) is 0.265. The van der Waals surface area contributed by atoms with E-state index in [4.69, 9.17) is 4.74 Å². The summed E-state index contributed by atoms with van der Waals surface area (Å²) < 4.78 is 33.8. The maximum absolute atomic E-state index is 13.1. The second-order valence-corrected chi connectivity index (χ2v) is 10.3. The molecule has 0 heterocycles. The molecule has 182 valence electrons. The van der Waals surface area contributed by atoms with Crippen molar-refractivity contribution < 1.29 is 22.7 Å². The molecule has 4 aromatic rings. The number of carbonyl (C=O) groups excluding carboxylic acids is 2. The Kier molecular flexibility index (Phi) is 7.52. The zero-order chi connectivity index (χ0) is 25.7. The van der Waals surface area contributed by atoms with Crippen molar-refractivity contribution >= 4 is 49.0 Å². The van der Waals surface area contributed by atoms with Gasteiger partial charge in [-0.3, -0.25) is 14.3 Å². The molecule has 1 amide bonds. The summed E-state index contributed by atoms with van der Waals surface area (Å²) in [6.45, 7) is 0. The van der Waals surface area contributed by atoms with Crippen LogP contribution < -0.4 is 14.8 Å². The van der Waals surface area contributed by atoms with Gasteiger partial charge >= 0.3 is 0 Å². The summed E-state index contributed by atoms with van der Waals surface area (Å²) in [5, 5.41) is 2.77. The monoisotopic (exact) mass is 564 g/mol. The minimum absolute atomic E-state index is 0.0529. The van der Waals surface area contributed by atoms with Crippen LogP contribution in [0.15, 0.2) is 106 Å². The van der Waals surface area contributed by atoms with Crippen LogP contribution in [0.5, 0.6) is 5.75 Å². The third-order valence-electron chi connectivity index (χ3n) is 5.26. The minimum Gasteiger partial charge on any atom is -0.497 e. The molecule has 0 aromatic heterocycles. The van der Waals surface area contributed by atoms with Gasteiger partial charge in [0.15, 0.2) is 5.78 Å². The first-order valence-electron chi connectivity index (χ1n) is 10.7. The van der Waals surface area contributed by atoms with Gasteiger partial charge in [0.05, 0.1) is 17.7 Å². The fraction of sp³-hybridized carbons (Fsp3) is 0.0370. The summed E-state index contributed by atoms with van der Waals surface area (Å²) in [5.74, 6) is -0.205. The number of anilines is 2. The number of benzene rings is 4. The van der Waals surface area contributed by atoms with E-state index < -0.39 is 15.9 Å². The Morgan fingerprint density at radius 1 is 0.806 bits per heavy atom. The van der Waals surface area contributed by atoms with E-state index in [1.807, 2.05) is 6.07 Å². The van der Waals surface area contributed by atoms with E-state index in [0.29, 0.717) is 27.0 Å². The van der Waals surface area contributed by atoms with Crippen LogP contribution >= 0.6 is 15.9 Å². The van der Waals surface area contributed by atoms with Crippen molar-refractivity contribution in [2.75, 3.05) is 17.1 Å². The SMILES string of the molecule is COc1ccc(S(=O)(=O)Nc2cccc(C(=O)Nc3ccc(Br)cc3C(=O)c3ccccc3)c2)cc1. The highest BCUT2D eigenvalue weighted by Crippen LogP contribution is 2.25. The van der Waals surface area contributed by atoms with Gasteiger partial charge < -0.3 is 10.1 Å². The van der Waals surface area contributed by atoms with E-state index in [1.165, 1.54) is 25.3 Å². The molecule has 0 atom stereocenters. The number of ether oxygens (including phenoxy) is 1. The Morgan fingerprint density at radius 2 is 1.50 bits per heavy atom. The summed E-state index contributed by atoms with van der Waals surface area (Å²) in [7, 11) is -2.39. The number of sulfonamides is 1.